The van der Waals surface area contributed by atoms with Gasteiger partial charge < -0.3 is 9.47 Å². The van der Waals surface area contributed by atoms with Gasteiger partial charge in [0.05, 0.1) is 13.2 Å². The van der Waals surface area contributed by atoms with Crippen LogP contribution < -0.4 is 10.1 Å². The van der Waals surface area contributed by atoms with Crippen LogP contribution in [0.3, 0.4) is 0 Å². The topological polar surface area (TPSA) is 47.6 Å². The third-order valence-corrected chi connectivity index (χ3v) is 3.07. The van der Waals surface area contributed by atoms with Crippen molar-refractivity contribution in [3.63, 3.8) is 0 Å². The first-order valence-electron chi connectivity index (χ1n) is 6.80. The molecule has 0 spiro atoms. The number of ether oxygens (including phenoxy) is 2. The lowest BCUT2D eigenvalue weighted by Crippen LogP contribution is -2.34. The normalized spacial score (nSPS) is 14.9. The van der Waals surface area contributed by atoms with Crippen LogP contribution in [0.15, 0.2) is 18.2 Å². The summed E-state index contributed by atoms with van der Waals surface area (Å²) < 4.78 is 10.6. The molecule has 1 N–H and O–H groups in total. The second-order valence-electron chi connectivity index (χ2n) is 4.97. The SMILES string of the molecule is CCOC(=O)C(NC(C)C)c1ccc2c(c1)CCO2. The summed E-state index contributed by atoms with van der Waals surface area (Å²) in [5.74, 6) is 0.700. The van der Waals surface area contributed by atoms with Crippen molar-refractivity contribution >= 4 is 5.97 Å². The fourth-order valence-electron chi connectivity index (χ4n) is 2.25. The van der Waals surface area contributed by atoms with Crippen LogP contribution in [0.25, 0.3) is 0 Å². The summed E-state index contributed by atoms with van der Waals surface area (Å²) in [6.45, 7) is 6.97. The zero-order valence-electron chi connectivity index (χ0n) is 11.7. The van der Waals surface area contributed by atoms with Gasteiger partial charge in [-0.2, -0.15) is 0 Å². The summed E-state index contributed by atoms with van der Waals surface area (Å²) in [7, 11) is 0. The van der Waals surface area contributed by atoms with Crippen molar-refractivity contribution in [2.45, 2.75) is 39.3 Å². The van der Waals surface area contributed by atoms with Crippen LogP contribution in [0.4, 0.5) is 0 Å². The van der Waals surface area contributed by atoms with Gasteiger partial charge in [-0.25, -0.2) is 4.79 Å². The fourth-order valence-corrected chi connectivity index (χ4v) is 2.25. The van der Waals surface area contributed by atoms with E-state index in [1.54, 1.807) is 0 Å². The van der Waals surface area contributed by atoms with Crippen molar-refractivity contribution in [2.24, 2.45) is 0 Å². The molecule has 0 bridgehead atoms. The molecule has 2 rings (SSSR count). The Bertz CT molecular complexity index is 457. The van der Waals surface area contributed by atoms with E-state index in [2.05, 4.69) is 5.32 Å². The maximum atomic E-state index is 12.1. The summed E-state index contributed by atoms with van der Waals surface area (Å²) in [5.41, 5.74) is 2.11. The van der Waals surface area contributed by atoms with Crippen LogP contribution in [0.1, 0.15) is 37.9 Å². The number of esters is 1. The molecule has 0 amide bonds. The molecule has 1 aromatic carbocycles. The van der Waals surface area contributed by atoms with Gasteiger partial charge in [0, 0.05) is 12.5 Å². The predicted octanol–water partition coefficient (Wildman–Crippen LogP) is 2.22. The summed E-state index contributed by atoms with van der Waals surface area (Å²) in [4.78, 5) is 12.1. The number of hydrogen-bond acceptors (Lipinski definition) is 4. The van der Waals surface area contributed by atoms with Crippen LogP contribution in [0, 0.1) is 0 Å². The van der Waals surface area contributed by atoms with Crippen LogP contribution >= 0.6 is 0 Å². The molecule has 4 nitrogen and oxygen atoms in total. The lowest BCUT2D eigenvalue weighted by atomic mass is 10.0. The minimum absolute atomic E-state index is 0.207. The first-order valence-corrected chi connectivity index (χ1v) is 6.80. The first-order chi connectivity index (χ1) is 9.11. The van der Waals surface area contributed by atoms with E-state index in [4.69, 9.17) is 9.47 Å². The largest absolute Gasteiger partial charge is 0.493 e. The molecule has 0 radical (unpaired) electrons. The number of nitrogens with one attached hydrogen (secondary N) is 1. The van der Waals surface area contributed by atoms with E-state index >= 15 is 0 Å². The lowest BCUT2D eigenvalue weighted by molar-refractivity contribution is -0.146. The average molecular weight is 263 g/mol. The second-order valence-corrected chi connectivity index (χ2v) is 4.97. The second kappa shape index (κ2) is 6.06. The minimum atomic E-state index is -0.411. The number of benzene rings is 1. The van der Waals surface area contributed by atoms with E-state index in [0.29, 0.717) is 6.61 Å². The Morgan fingerprint density at radius 1 is 1.47 bits per heavy atom. The zero-order valence-corrected chi connectivity index (χ0v) is 11.7. The van der Waals surface area contributed by atoms with Crippen LogP contribution in [0.2, 0.25) is 0 Å². The van der Waals surface area contributed by atoms with E-state index < -0.39 is 6.04 Å². The molecule has 104 valence electrons. The summed E-state index contributed by atoms with van der Waals surface area (Å²) in [6.07, 6.45) is 0.903. The number of hydrogen-bond donors (Lipinski definition) is 1. The highest BCUT2D eigenvalue weighted by Gasteiger charge is 2.24. The maximum Gasteiger partial charge on any atom is 0.327 e. The molecule has 1 aliphatic heterocycles. The molecule has 0 fully saturated rings. The molecule has 1 aromatic rings. The maximum absolute atomic E-state index is 12.1. The fraction of sp³-hybridized carbons (Fsp3) is 0.533. The Balaban J connectivity index is 2.24. The van der Waals surface area contributed by atoms with E-state index in [1.807, 2.05) is 39.0 Å². The Morgan fingerprint density at radius 3 is 2.95 bits per heavy atom. The smallest absolute Gasteiger partial charge is 0.327 e. The highest BCUT2D eigenvalue weighted by Crippen LogP contribution is 2.28. The number of fused-ring (bicyclic) bond motifs is 1. The highest BCUT2D eigenvalue weighted by molar-refractivity contribution is 5.78. The van der Waals surface area contributed by atoms with Gasteiger partial charge in [-0.1, -0.05) is 6.07 Å². The van der Waals surface area contributed by atoms with Crippen LogP contribution in [0.5, 0.6) is 5.75 Å². The van der Waals surface area contributed by atoms with Gasteiger partial charge in [-0.15, -0.1) is 0 Å². The molecule has 4 heteroatoms. The van der Waals surface area contributed by atoms with Crippen molar-refractivity contribution in [1.29, 1.82) is 0 Å². The molecular formula is C15H21NO3. The molecule has 0 aliphatic carbocycles. The van der Waals surface area contributed by atoms with Gasteiger partial charge in [0.25, 0.3) is 0 Å². The van der Waals surface area contributed by atoms with E-state index in [1.165, 1.54) is 0 Å². The van der Waals surface area contributed by atoms with E-state index in [9.17, 15) is 4.79 Å². The molecule has 1 heterocycles. The standard InChI is InChI=1S/C15H21NO3/c1-4-18-15(17)14(16-10(2)3)12-5-6-13-11(9-12)7-8-19-13/h5-6,9-10,14,16H,4,7-8H2,1-3H3. The van der Waals surface area contributed by atoms with Gasteiger partial charge in [0.15, 0.2) is 0 Å². The van der Waals surface area contributed by atoms with Crippen molar-refractivity contribution in [3.8, 4) is 5.75 Å². The molecule has 19 heavy (non-hydrogen) atoms. The Morgan fingerprint density at radius 2 is 2.26 bits per heavy atom. The van der Waals surface area contributed by atoms with Gasteiger partial charge >= 0.3 is 5.97 Å². The molecule has 0 aromatic heterocycles. The average Bonchev–Trinajstić information content (AvgIpc) is 2.83. The van der Waals surface area contributed by atoms with Crippen molar-refractivity contribution in [3.05, 3.63) is 29.3 Å². The third kappa shape index (κ3) is 3.26. The van der Waals surface area contributed by atoms with Crippen LogP contribution in [-0.2, 0) is 16.0 Å². The molecule has 0 saturated heterocycles. The van der Waals surface area contributed by atoms with Gasteiger partial charge in [0.1, 0.15) is 11.8 Å². The Labute approximate surface area is 114 Å². The Kier molecular flexibility index (Phi) is 4.43. The van der Waals surface area contributed by atoms with Crippen molar-refractivity contribution in [1.82, 2.24) is 5.32 Å². The van der Waals surface area contributed by atoms with E-state index in [0.717, 1.165) is 29.9 Å². The van der Waals surface area contributed by atoms with Gasteiger partial charge in [0.2, 0.25) is 0 Å². The lowest BCUT2D eigenvalue weighted by Gasteiger charge is -2.20. The number of carbonyl (C=O) groups excluding carboxylic acids is 1. The third-order valence-electron chi connectivity index (χ3n) is 3.07. The molecule has 1 unspecified atom stereocenters. The summed E-state index contributed by atoms with van der Waals surface area (Å²) >= 11 is 0. The molecule has 0 saturated carbocycles. The number of carbonyl (C=O) groups is 1. The minimum Gasteiger partial charge on any atom is -0.493 e. The van der Waals surface area contributed by atoms with Gasteiger partial charge in [-0.05, 0) is 44.0 Å². The van der Waals surface area contributed by atoms with E-state index in [-0.39, 0.29) is 12.0 Å². The summed E-state index contributed by atoms with van der Waals surface area (Å²) in [6, 6.07) is 5.71. The molecule has 1 aliphatic rings. The Hall–Kier alpha value is -1.55. The summed E-state index contributed by atoms with van der Waals surface area (Å²) in [5, 5.41) is 3.26. The quantitative estimate of drug-likeness (QED) is 0.828. The monoisotopic (exact) mass is 263 g/mol. The molecule has 1 atom stereocenters. The predicted molar refractivity (Wildman–Crippen MR) is 73.3 cm³/mol. The highest BCUT2D eigenvalue weighted by atomic mass is 16.5. The number of rotatable bonds is 5. The van der Waals surface area contributed by atoms with Gasteiger partial charge in [-0.3, -0.25) is 5.32 Å². The molecular weight excluding hydrogens is 242 g/mol. The van der Waals surface area contributed by atoms with Crippen LogP contribution in [-0.4, -0.2) is 25.2 Å². The first kappa shape index (κ1) is 13.9. The van der Waals surface area contributed by atoms with Crippen molar-refractivity contribution < 1.29 is 14.3 Å². The van der Waals surface area contributed by atoms with Crippen molar-refractivity contribution in [2.75, 3.05) is 13.2 Å². The zero-order chi connectivity index (χ0) is 13.8.